The van der Waals surface area contributed by atoms with E-state index in [1.807, 2.05) is 0 Å². The summed E-state index contributed by atoms with van der Waals surface area (Å²) in [5.41, 5.74) is 0.341. The molecular weight excluding hydrogens is 280 g/mol. The lowest BCUT2D eigenvalue weighted by Gasteiger charge is -2.19. The molecule has 21 heavy (non-hydrogen) atoms. The van der Waals surface area contributed by atoms with Gasteiger partial charge in [0, 0.05) is 19.4 Å². The van der Waals surface area contributed by atoms with Crippen LogP contribution >= 0.6 is 0 Å². The number of hydrogen-bond donors (Lipinski definition) is 0. The van der Waals surface area contributed by atoms with Crippen molar-refractivity contribution in [2.45, 2.75) is 20.8 Å². The number of aldehydes is 1. The number of ether oxygens (including phenoxy) is 4. The molecule has 1 rings (SSSR count). The second-order valence-electron chi connectivity index (χ2n) is 4.07. The molecule has 0 aromatic heterocycles. The van der Waals surface area contributed by atoms with E-state index < -0.39 is 11.9 Å². The Balaban J connectivity index is 3.74. The monoisotopic (exact) mass is 296 g/mol. The summed E-state index contributed by atoms with van der Waals surface area (Å²) in [5, 5.41) is 0. The number of carbonyl (C=O) groups excluding carboxylic acids is 3. The van der Waals surface area contributed by atoms with Crippen molar-refractivity contribution in [2.24, 2.45) is 0 Å². The molecule has 114 valence electrons. The largest absolute Gasteiger partial charge is 0.490 e. The van der Waals surface area contributed by atoms with Crippen molar-refractivity contribution in [1.82, 2.24) is 0 Å². The third-order valence-corrected chi connectivity index (χ3v) is 2.63. The maximum Gasteiger partial charge on any atom is 0.308 e. The summed E-state index contributed by atoms with van der Waals surface area (Å²) in [6, 6.07) is 0. The van der Waals surface area contributed by atoms with Crippen LogP contribution in [0.15, 0.2) is 0 Å². The van der Waals surface area contributed by atoms with Crippen LogP contribution in [0.3, 0.4) is 0 Å². The van der Waals surface area contributed by atoms with Crippen molar-refractivity contribution >= 4 is 18.2 Å². The number of carbonyl (C=O) groups is 3. The fourth-order valence-electron chi connectivity index (χ4n) is 1.82. The summed E-state index contributed by atoms with van der Waals surface area (Å²) in [5.74, 6) is -1.19. The van der Waals surface area contributed by atoms with Crippen LogP contribution in [0.5, 0.6) is 23.0 Å². The molecule has 1 aromatic carbocycles. The Kier molecular flexibility index (Phi) is 5.29. The summed E-state index contributed by atoms with van der Waals surface area (Å²) >= 11 is 0. The van der Waals surface area contributed by atoms with Crippen molar-refractivity contribution in [1.29, 1.82) is 0 Å². The van der Waals surface area contributed by atoms with Crippen molar-refractivity contribution in [2.75, 3.05) is 14.2 Å². The fourth-order valence-corrected chi connectivity index (χ4v) is 1.82. The van der Waals surface area contributed by atoms with Gasteiger partial charge in [0.1, 0.15) is 0 Å². The summed E-state index contributed by atoms with van der Waals surface area (Å²) in [4.78, 5) is 33.7. The van der Waals surface area contributed by atoms with E-state index in [4.69, 9.17) is 18.9 Å². The van der Waals surface area contributed by atoms with Crippen molar-refractivity contribution < 1.29 is 33.3 Å². The summed E-state index contributed by atoms with van der Waals surface area (Å²) in [6.45, 7) is 3.94. The fraction of sp³-hybridized carbons (Fsp3) is 0.357. The molecule has 0 aliphatic heterocycles. The molecule has 0 spiro atoms. The first-order valence-corrected chi connectivity index (χ1v) is 5.97. The second kappa shape index (κ2) is 6.74. The first-order valence-electron chi connectivity index (χ1n) is 5.97. The zero-order chi connectivity index (χ0) is 16.2. The first kappa shape index (κ1) is 16.5. The van der Waals surface area contributed by atoms with Gasteiger partial charge in [-0.15, -0.1) is 0 Å². The molecule has 0 unspecified atom stereocenters. The normalized spacial score (nSPS) is 9.76. The Morgan fingerprint density at radius 3 is 1.67 bits per heavy atom. The van der Waals surface area contributed by atoms with Crippen LogP contribution in [0.1, 0.15) is 29.8 Å². The molecule has 0 aliphatic carbocycles. The van der Waals surface area contributed by atoms with Gasteiger partial charge in [0.05, 0.1) is 19.8 Å². The molecule has 0 amide bonds. The maximum atomic E-state index is 11.3. The van der Waals surface area contributed by atoms with E-state index in [9.17, 15) is 14.4 Å². The Hall–Kier alpha value is -2.57. The van der Waals surface area contributed by atoms with E-state index in [2.05, 4.69) is 0 Å². The zero-order valence-electron chi connectivity index (χ0n) is 12.4. The lowest BCUT2D eigenvalue weighted by atomic mass is 10.1. The predicted molar refractivity (Wildman–Crippen MR) is 72.3 cm³/mol. The van der Waals surface area contributed by atoms with Gasteiger partial charge >= 0.3 is 11.9 Å². The minimum atomic E-state index is -0.627. The van der Waals surface area contributed by atoms with E-state index >= 15 is 0 Å². The van der Waals surface area contributed by atoms with Crippen LogP contribution in [0.2, 0.25) is 0 Å². The van der Waals surface area contributed by atoms with Crippen molar-refractivity contribution in [3.63, 3.8) is 0 Å². The topological polar surface area (TPSA) is 88.1 Å². The van der Waals surface area contributed by atoms with Crippen molar-refractivity contribution in [3.8, 4) is 23.0 Å². The Morgan fingerprint density at radius 2 is 1.29 bits per heavy atom. The van der Waals surface area contributed by atoms with Gasteiger partial charge in [0.15, 0.2) is 17.8 Å². The van der Waals surface area contributed by atoms with Crippen molar-refractivity contribution in [3.05, 3.63) is 11.1 Å². The van der Waals surface area contributed by atoms with Gasteiger partial charge in [-0.3, -0.25) is 14.4 Å². The van der Waals surface area contributed by atoms with Crippen LogP contribution < -0.4 is 18.9 Å². The van der Waals surface area contributed by atoms with Gasteiger partial charge in [-0.2, -0.15) is 0 Å². The minimum absolute atomic E-state index is 0.00310. The zero-order valence-corrected chi connectivity index (χ0v) is 12.4. The average Bonchev–Trinajstić information content (AvgIpc) is 2.40. The molecule has 0 radical (unpaired) electrons. The highest BCUT2D eigenvalue weighted by molar-refractivity contribution is 5.90. The lowest BCUT2D eigenvalue weighted by molar-refractivity contribution is -0.133. The quantitative estimate of drug-likeness (QED) is 0.464. The molecule has 0 bridgehead atoms. The number of rotatable bonds is 5. The molecular formula is C14H16O7. The molecule has 7 nitrogen and oxygen atoms in total. The van der Waals surface area contributed by atoms with Gasteiger partial charge in [0.2, 0.25) is 11.5 Å². The molecule has 0 saturated heterocycles. The minimum Gasteiger partial charge on any atom is -0.490 e. The average molecular weight is 296 g/mol. The second-order valence-corrected chi connectivity index (χ2v) is 4.07. The van der Waals surface area contributed by atoms with E-state index in [1.165, 1.54) is 35.0 Å². The summed E-state index contributed by atoms with van der Waals surface area (Å²) in [7, 11) is 2.65. The molecule has 0 heterocycles. The van der Waals surface area contributed by atoms with E-state index in [-0.39, 0.29) is 28.6 Å². The van der Waals surface area contributed by atoms with Crippen LogP contribution in [0, 0.1) is 6.92 Å². The number of esters is 2. The highest BCUT2D eigenvalue weighted by Gasteiger charge is 2.27. The first-order chi connectivity index (χ1) is 9.87. The standard InChI is InChI=1S/C14H16O7/c1-7-10(6-15)12(21-9(3)17)14(19-5)13(18-4)11(7)20-8(2)16/h6H,1-5H3. The smallest absolute Gasteiger partial charge is 0.308 e. The van der Waals surface area contributed by atoms with E-state index in [1.54, 1.807) is 0 Å². The van der Waals surface area contributed by atoms with Gasteiger partial charge in [0.25, 0.3) is 0 Å². The predicted octanol–water partition coefficient (Wildman–Crippen LogP) is 1.68. The molecule has 0 N–H and O–H groups in total. The lowest BCUT2D eigenvalue weighted by Crippen LogP contribution is -2.11. The summed E-state index contributed by atoms with van der Waals surface area (Å²) < 4.78 is 20.4. The molecule has 0 saturated carbocycles. The van der Waals surface area contributed by atoms with Crippen LogP contribution in [0.4, 0.5) is 0 Å². The summed E-state index contributed by atoms with van der Waals surface area (Å²) in [6.07, 6.45) is 0.489. The van der Waals surface area contributed by atoms with Crippen LogP contribution in [0.25, 0.3) is 0 Å². The molecule has 0 aliphatic rings. The van der Waals surface area contributed by atoms with Crippen LogP contribution in [-0.2, 0) is 9.59 Å². The maximum absolute atomic E-state index is 11.3. The molecule has 0 fully saturated rings. The van der Waals surface area contributed by atoms with Gasteiger partial charge in [-0.25, -0.2) is 0 Å². The van der Waals surface area contributed by atoms with E-state index in [0.717, 1.165) is 0 Å². The molecule has 0 atom stereocenters. The third-order valence-electron chi connectivity index (χ3n) is 2.63. The SMILES string of the molecule is COc1c(OC(C)=O)c(C)c(C=O)c(OC(C)=O)c1OC. The Labute approximate surface area is 121 Å². The van der Waals surface area contributed by atoms with Gasteiger partial charge in [-0.05, 0) is 6.92 Å². The highest BCUT2D eigenvalue weighted by Crippen LogP contribution is 2.49. The third kappa shape index (κ3) is 3.31. The molecule has 1 aromatic rings. The molecule has 7 heteroatoms. The van der Waals surface area contributed by atoms with E-state index in [0.29, 0.717) is 11.8 Å². The number of benzene rings is 1. The number of hydrogen-bond acceptors (Lipinski definition) is 7. The van der Waals surface area contributed by atoms with Crippen LogP contribution in [-0.4, -0.2) is 32.4 Å². The Morgan fingerprint density at radius 1 is 0.857 bits per heavy atom. The highest BCUT2D eigenvalue weighted by atomic mass is 16.6. The Bertz CT molecular complexity index is 590. The van der Waals surface area contributed by atoms with Gasteiger partial charge in [-0.1, -0.05) is 0 Å². The number of methoxy groups -OCH3 is 2. The van der Waals surface area contributed by atoms with Gasteiger partial charge < -0.3 is 18.9 Å².